The molecule has 2 fully saturated rings. The minimum Gasteiger partial charge on any atom is -0.340 e. The Labute approximate surface area is 147 Å². The van der Waals surface area contributed by atoms with Crippen LogP contribution in [-0.4, -0.2) is 29.9 Å². The monoisotopic (exact) mass is 386 g/mol. The van der Waals surface area contributed by atoms with Crippen LogP contribution in [0, 0.1) is 5.92 Å². The summed E-state index contributed by atoms with van der Waals surface area (Å²) in [6.45, 7) is 0.672. The summed E-state index contributed by atoms with van der Waals surface area (Å²) in [6.07, 6.45) is 6.19. The Morgan fingerprint density at radius 3 is 2.86 bits per heavy atom. The van der Waals surface area contributed by atoms with Crippen LogP contribution in [0.5, 0.6) is 0 Å². The van der Waals surface area contributed by atoms with Crippen molar-refractivity contribution in [1.82, 2.24) is 10.2 Å². The summed E-state index contributed by atoms with van der Waals surface area (Å²) in [4.78, 5) is 14.5. The van der Waals surface area contributed by atoms with Gasteiger partial charge >= 0.3 is 0 Å². The molecule has 3 rings (SSSR count). The molecule has 1 aromatic carbocycles. The summed E-state index contributed by atoms with van der Waals surface area (Å²) in [7, 11) is 1.91. The molecule has 22 heavy (non-hydrogen) atoms. The Kier molecular flexibility index (Phi) is 6.30. The van der Waals surface area contributed by atoms with Gasteiger partial charge in [0.1, 0.15) is 0 Å². The number of likely N-dealkylation sites (N-methyl/N-ethyl adjacent to an activating group) is 1. The molecule has 1 saturated carbocycles. The van der Waals surface area contributed by atoms with Crippen LogP contribution in [0.25, 0.3) is 0 Å². The number of fused-ring (bicyclic) bond motifs is 1. The van der Waals surface area contributed by atoms with E-state index in [9.17, 15) is 4.79 Å². The van der Waals surface area contributed by atoms with E-state index in [2.05, 4.69) is 33.4 Å². The van der Waals surface area contributed by atoms with Gasteiger partial charge < -0.3 is 10.2 Å². The van der Waals surface area contributed by atoms with Crippen LogP contribution in [0.4, 0.5) is 0 Å². The zero-order valence-corrected chi connectivity index (χ0v) is 15.3. The van der Waals surface area contributed by atoms with Crippen LogP contribution in [0.1, 0.15) is 37.7 Å². The van der Waals surface area contributed by atoms with Crippen LogP contribution >= 0.6 is 28.3 Å². The molecule has 3 nitrogen and oxygen atoms in total. The molecule has 3 unspecified atom stereocenters. The van der Waals surface area contributed by atoms with Crippen molar-refractivity contribution < 1.29 is 4.79 Å². The normalized spacial score (nSPS) is 26.9. The molecule has 0 aromatic heterocycles. The molecule has 0 spiro atoms. The van der Waals surface area contributed by atoms with Gasteiger partial charge in [-0.2, -0.15) is 0 Å². The Morgan fingerprint density at radius 1 is 1.36 bits per heavy atom. The summed E-state index contributed by atoms with van der Waals surface area (Å²) < 4.78 is 1.06. The van der Waals surface area contributed by atoms with Crippen molar-refractivity contribution in [3.8, 4) is 0 Å². The Hall–Kier alpha value is -0.580. The third-order valence-electron chi connectivity index (χ3n) is 4.85. The first-order chi connectivity index (χ1) is 10.1. The highest BCUT2D eigenvalue weighted by Gasteiger charge is 2.39. The summed E-state index contributed by atoms with van der Waals surface area (Å²) in [5, 5.41) is 3.57. The molecule has 1 amide bonds. The first kappa shape index (κ1) is 17.8. The molecule has 2 aliphatic rings. The highest BCUT2D eigenvalue weighted by Crippen LogP contribution is 2.33. The third-order valence-corrected chi connectivity index (χ3v) is 5.34. The van der Waals surface area contributed by atoms with Gasteiger partial charge in [-0.1, -0.05) is 40.9 Å². The van der Waals surface area contributed by atoms with Gasteiger partial charge in [0.25, 0.3) is 0 Å². The van der Waals surface area contributed by atoms with Crippen LogP contribution in [0.15, 0.2) is 28.7 Å². The van der Waals surface area contributed by atoms with Crippen molar-refractivity contribution in [2.24, 2.45) is 5.92 Å². The van der Waals surface area contributed by atoms with Gasteiger partial charge in [-0.15, -0.1) is 12.4 Å². The Morgan fingerprint density at radius 2 is 2.14 bits per heavy atom. The highest BCUT2D eigenvalue weighted by atomic mass is 79.9. The van der Waals surface area contributed by atoms with E-state index in [4.69, 9.17) is 0 Å². The summed E-state index contributed by atoms with van der Waals surface area (Å²) in [6, 6.07) is 8.76. The molecule has 1 N–H and O–H groups in total. The second-order valence-corrected chi connectivity index (χ2v) is 7.35. The van der Waals surface area contributed by atoms with E-state index >= 15 is 0 Å². The molecule has 3 atom stereocenters. The summed E-state index contributed by atoms with van der Waals surface area (Å²) >= 11 is 3.48. The Balaban J connectivity index is 0.00000176. The SMILES string of the molecule is CN(Cc1cccc(Br)c1)C(=O)C1CC2CCCCC2N1.Cl. The molecule has 1 aliphatic carbocycles. The van der Waals surface area contributed by atoms with E-state index in [-0.39, 0.29) is 24.4 Å². The minimum absolute atomic E-state index is 0. The zero-order chi connectivity index (χ0) is 14.8. The van der Waals surface area contributed by atoms with Crippen LogP contribution in [-0.2, 0) is 11.3 Å². The van der Waals surface area contributed by atoms with E-state index in [1.807, 2.05) is 24.1 Å². The van der Waals surface area contributed by atoms with Crippen molar-refractivity contribution >= 4 is 34.2 Å². The molecule has 1 heterocycles. The average molecular weight is 388 g/mol. The number of hydrogen-bond acceptors (Lipinski definition) is 2. The van der Waals surface area contributed by atoms with Crippen molar-refractivity contribution in [3.63, 3.8) is 0 Å². The standard InChI is InChI=1S/C17H23BrN2O.ClH/c1-20(11-12-5-4-7-14(18)9-12)17(21)16-10-13-6-2-3-8-15(13)19-16;/h4-5,7,9,13,15-16,19H,2-3,6,8,10-11H2,1H3;1H. The maximum Gasteiger partial charge on any atom is 0.239 e. The molecule has 0 radical (unpaired) electrons. The van der Waals surface area contributed by atoms with E-state index < -0.39 is 0 Å². The van der Waals surface area contributed by atoms with E-state index in [1.165, 1.54) is 25.7 Å². The van der Waals surface area contributed by atoms with E-state index in [0.29, 0.717) is 18.5 Å². The second kappa shape index (κ2) is 7.80. The minimum atomic E-state index is 0. The van der Waals surface area contributed by atoms with Crippen molar-refractivity contribution in [1.29, 1.82) is 0 Å². The number of nitrogens with zero attached hydrogens (tertiary/aromatic N) is 1. The molecule has 1 aromatic rings. The average Bonchev–Trinajstić information content (AvgIpc) is 2.90. The number of benzene rings is 1. The number of rotatable bonds is 3. The Bertz CT molecular complexity index is 511. The lowest BCUT2D eigenvalue weighted by molar-refractivity contribution is -0.132. The lowest BCUT2D eigenvalue weighted by Gasteiger charge is -2.24. The van der Waals surface area contributed by atoms with Gasteiger partial charge in [0.15, 0.2) is 0 Å². The van der Waals surface area contributed by atoms with Crippen molar-refractivity contribution in [3.05, 3.63) is 34.3 Å². The number of amides is 1. The molecule has 1 saturated heterocycles. The zero-order valence-electron chi connectivity index (χ0n) is 12.9. The summed E-state index contributed by atoms with van der Waals surface area (Å²) in [5.74, 6) is 0.955. The number of hydrogen-bond donors (Lipinski definition) is 1. The predicted molar refractivity (Wildman–Crippen MR) is 95.2 cm³/mol. The van der Waals surface area contributed by atoms with Gasteiger partial charge in [-0.3, -0.25) is 4.79 Å². The fourth-order valence-electron chi connectivity index (χ4n) is 3.76. The number of carbonyl (C=O) groups is 1. The summed E-state index contributed by atoms with van der Waals surface area (Å²) in [5.41, 5.74) is 1.16. The maximum absolute atomic E-state index is 12.6. The molecule has 5 heteroatoms. The van der Waals surface area contributed by atoms with Crippen molar-refractivity contribution in [2.75, 3.05) is 7.05 Å². The molecule has 122 valence electrons. The number of nitrogens with one attached hydrogen (secondary N) is 1. The van der Waals surface area contributed by atoms with Crippen molar-refractivity contribution in [2.45, 2.75) is 50.7 Å². The smallest absolute Gasteiger partial charge is 0.239 e. The van der Waals surface area contributed by atoms with Gasteiger partial charge in [-0.25, -0.2) is 0 Å². The number of halogens is 2. The topological polar surface area (TPSA) is 32.3 Å². The van der Waals surface area contributed by atoms with Gasteiger partial charge in [0.05, 0.1) is 6.04 Å². The molecule has 0 bridgehead atoms. The van der Waals surface area contributed by atoms with Crippen LogP contribution in [0.3, 0.4) is 0 Å². The maximum atomic E-state index is 12.6. The van der Waals surface area contributed by atoms with E-state index in [1.54, 1.807) is 0 Å². The third kappa shape index (κ3) is 4.03. The highest BCUT2D eigenvalue weighted by molar-refractivity contribution is 9.10. The second-order valence-electron chi connectivity index (χ2n) is 6.43. The molecular formula is C17H24BrClN2O. The lowest BCUT2D eigenvalue weighted by Crippen LogP contribution is -2.43. The van der Waals surface area contributed by atoms with Gasteiger partial charge in [-0.05, 0) is 42.9 Å². The molecular weight excluding hydrogens is 364 g/mol. The molecule has 1 aliphatic heterocycles. The van der Waals surface area contributed by atoms with Crippen LogP contribution in [0.2, 0.25) is 0 Å². The predicted octanol–water partition coefficient (Wildman–Crippen LogP) is 3.75. The number of carbonyl (C=O) groups excluding carboxylic acids is 1. The fraction of sp³-hybridized carbons (Fsp3) is 0.588. The van der Waals surface area contributed by atoms with Crippen LogP contribution < -0.4 is 5.32 Å². The first-order valence-corrected chi connectivity index (χ1v) is 8.68. The lowest BCUT2D eigenvalue weighted by atomic mass is 9.85. The largest absolute Gasteiger partial charge is 0.340 e. The quantitative estimate of drug-likeness (QED) is 0.856. The van der Waals surface area contributed by atoms with E-state index in [0.717, 1.165) is 16.5 Å². The fourth-order valence-corrected chi connectivity index (χ4v) is 4.21. The first-order valence-electron chi connectivity index (χ1n) is 7.89. The van der Waals surface area contributed by atoms with Gasteiger partial charge in [0, 0.05) is 24.1 Å². The van der Waals surface area contributed by atoms with Gasteiger partial charge in [0.2, 0.25) is 5.91 Å².